The van der Waals surface area contributed by atoms with E-state index in [1.54, 1.807) is 6.07 Å². The quantitative estimate of drug-likeness (QED) is 0.885. The van der Waals surface area contributed by atoms with Gasteiger partial charge in [0.05, 0.1) is 23.0 Å². The highest BCUT2D eigenvalue weighted by Gasteiger charge is 2.19. The van der Waals surface area contributed by atoms with Crippen LogP contribution in [0.4, 0.5) is 11.4 Å². The topological polar surface area (TPSA) is 56.3 Å². The van der Waals surface area contributed by atoms with Crippen LogP contribution >= 0.6 is 11.3 Å². The van der Waals surface area contributed by atoms with Gasteiger partial charge in [0.25, 0.3) is 0 Å². The van der Waals surface area contributed by atoms with Crippen LogP contribution in [0.15, 0.2) is 35.7 Å². The molecule has 0 atom stereocenters. The molecule has 1 saturated heterocycles. The Hall–Kier alpha value is -2.03. The third-order valence-corrected chi connectivity index (χ3v) is 4.69. The number of thiophene rings is 1. The predicted octanol–water partition coefficient (Wildman–Crippen LogP) is 2.52. The van der Waals surface area contributed by atoms with Crippen molar-refractivity contribution in [3.05, 3.63) is 46.2 Å². The van der Waals surface area contributed by atoms with E-state index in [4.69, 9.17) is 11.0 Å². The molecule has 2 heterocycles. The Morgan fingerprint density at radius 3 is 2.62 bits per heavy atom. The molecule has 1 aromatic heterocycles. The normalized spacial score (nSPS) is 15.9. The van der Waals surface area contributed by atoms with Gasteiger partial charge >= 0.3 is 0 Å². The van der Waals surface area contributed by atoms with Gasteiger partial charge in [-0.2, -0.15) is 5.26 Å². The first-order valence-corrected chi connectivity index (χ1v) is 7.93. The summed E-state index contributed by atoms with van der Waals surface area (Å²) in [6.07, 6.45) is 0. The van der Waals surface area contributed by atoms with Crippen molar-refractivity contribution in [2.24, 2.45) is 0 Å². The highest BCUT2D eigenvalue weighted by Crippen LogP contribution is 2.25. The van der Waals surface area contributed by atoms with E-state index in [2.05, 4.69) is 33.4 Å². The molecule has 4 nitrogen and oxygen atoms in total. The van der Waals surface area contributed by atoms with Gasteiger partial charge in [-0.15, -0.1) is 11.3 Å². The Morgan fingerprint density at radius 1 is 1.19 bits per heavy atom. The minimum Gasteiger partial charge on any atom is -0.397 e. The Bertz CT molecular complexity index is 637. The number of hydrogen-bond acceptors (Lipinski definition) is 5. The summed E-state index contributed by atoms with van der Waals surface area (Å²) in [5.74, 6) is 0. The van der Waals surface area contributed by atoms with Crippen LogP contribution in [0.1, 0.15) is 10.4 Å². The number of nitrogens with zero attached hydrogens (tertiary/aromatic N) is 3. The molecule has 21 heavy (non-hydrogen) atoms. The van der Waals surface area contributed by atoms with Gasteiger partial charge in [0.15, 0.2) is 0 Å². The Balaban J connectivity index is 1.62. The Labute approximate surface area is 129 Å². The lowest BCUT2D eigenvalue weighted by Gasteiger charge is -2.36. The lowest BCUT2D eigenvalue weighted by molar-refractivity contribution is 0.252. The summed E-state index contributed by atoms with van der Waals surface area (Å²) in [6.45, 7) is 5.06. The fourth-order valence-electron chi connectivity index (χ4n) is 2.68. The van der Waals surface area contributed by atoms with Crippen molar-refractivity contribution in [2.45, 2.75) is 6.54 Å². The van der Waals surface area contributed by atoms with E-state index in [1.165, 1.54) is 4.88 Å². The van der Waals surface area contributed by atoms with E-state index >= 15 is 0 Å². The molecule has 3 rings (SSSR count). The third-order valence-electron chi connectivity index (χ3n) is 3.83. The summed E-state index contributed by atoms with van der Waals surface area (Å²) in [6, 6.07) is 12.0. The largest absolute Gasteiger partial charge is 0.397 e. The maximum Gasteiger partial charge on any atom is 0.0992 e. The van der Waals surface area contributed by atoms with E-state index < -0.39 is 0 Å². The third kappa shape index (κ3) is 3.18. The molecular formula is C16H18N4S. The highest BCUT2D eigenvalue weighted by atomic mass is 32.1. The van der Waals surface area contributed by atoms with Crippen LogP contribution in [0.25, 0.3) is 0 Å². The summed E-state index contributed by atoms with van der Waals surface area (Å²) in [5, 5.41) is 11.0. The van der Waals surface area contributed by atoms with Crippen LogP contribution in [0, 0.1) is 11.3 Å². The predicted molar refractivity (Wildman–Crippen MR) is 87.4 cm³/mol. The number of nitrogen functional groups attached to an aromatic ring is 1. The first kappa shape index (κ1) is 13.9. The minimum absolute atomic E-state index is 0.618. The fraction of sp³-hybridized carbons (Fsp3) is 0.312. The minimum atomic E-state index is 0.618. The van der Waals surface area contributed by atoms with E-state index in [0.29, 0.717) is 11.3 Å². The van der Waals surface area contributed by atoms with Crippen LogP contribution in [0.5, 0.6) is 0 Å². The molecule has 0 aliphatic carbocycles. The number of benzene rings is 1. The average Bonchev–Trinajstić information content (AvgIpc) is 3.01. The number of nitrogens with two attached hydrogens (primary N) is 1. The molecule has 1 aromatic carbocycles. The second-order valence-electron chi connectivity index (χ2n) is 5.23. The monoisotopic (exact) mass is 298 g/mol. The number of nitriles is 1. The molecule has 0 saturated carbocycles. The van der Waals surface area contributed by atoms with Crippen LogP contribution < -0.4 is 10.6 Å². The molecule has 1 aliphatic rings. The summed E-state index contributed by atoms with van der Waals surface area (Å²) in [7, 11) is 0. The average molecular weight is 298 g/mol. The van der Waals surface area contributed by atoms with E-state index in [0.717, 1.165) is 38.4 Å². The standard InChI is InChI=1S/C16H18N4S/c17-11-13-3-4-16(15(18)10-13)20-7-5-19(6-8-20)12-14-2-1-9-21-14/h1-4,9-10H,5-8,12,18H2. The molecule has 5 heteroatoms. The highest BCUT2D eigenvalue weighted by molar-refractivity contribution is 7.09. The van der Waals surface area contributed by atoms with Gasteiger partial charge in [0, 0.05) is 37.6 Å². The second kappa shape index (κ2) is 6.17. The Morgan fingerprint density at radius 2 is 2.00 bits per heavy atom. The van der Waals surface area contributed by atoms with Crippen molar-refractivity contribution in [2.75, 3.05) is 36.8 Å². The van der Waals surface area contributed by atoms with E-state index in [9.17, 15) is 0 Å². The number of rotatable bonds is 3. The van der Waals surface area contributed by atoms with Crippen molar-refractivity contribution in [1.82, 2.24) is 4.90 Å². The number of anilines is 2. The molecule has 1 aliphatic heterocycles. The zero-order valence-electron chi connectivity index (χ0n) is 11.8. The molecule has 0 spiro atoms. The van der Waals surface area contributed by atoms with Crippen molar-refractivity contribution >= 4 is 22.7 Å². The van der Waals surface area contributed by atoms with Gasteiger partial charge < -0.3 is 10.6 Å². The van der Waals surface area contributed by atoms with Crippen LogP contribution in [0.3, 0.4) is 0 Å². The maximum atomic E-state index is 8.90. The number of piperazine rings is 1. The van der Waals surface area contributed by atoms with Crippen LogP contribution in [-0.2, 0) is 6.54 Å². The Kier molecular flexibility index (Phi) is 4.09. The summed E-state index contributed by atoms with van der Waals surface area (Å²) in [4.78, 5) is 6.20. The molecule has 108 valence electrons. The van der Waals surface area contributed by atoms with Gasteiger partial charge in [0.2, 0.25) is 0 Å². The van der Waals surface area contributed by atoms with Gasteiger partial charge in [0.1, 0.15) is 0 Å². The molecule has 0 radical (unpaired) electrons. The van der Waals surface area contributed by atoms with Crippen molar-refractivity contribution in [1.29, 1.82) is 5.26 Å². The smallest absolute Gasteiger partial charge is 0.0992 e. The lowest BCUT2D eigenvalue weighted by atomic mass is 10.1. The zero-order chi connectivity index (χ0) is 14.7. The molecule has 0 amide bonds. The molecule has 1 fully saturated rings. The molecule has 2 N–H and O–H groups in total. The van der Waals surface area contributed by atoms with Crippen LogP contribution in [0.2, 0.25) is 0 Å². The van der Waals surface area contributed by atoms with Gasteiger partial charge in [-0.3, -0.25) is 4.90 Å². The second-order valence-corrected chi connectivity index (χ2v) is 6.26. The van der Waals surface area contributed by atoms with Gasteiger partial charge in [-0.05, 0) is 29.6 Å². The first-order valence-electron chi connectivity index (χ1n) is 7.05. The van der Waals surface area contributed by atoms with Crippen molar-refractivity contribution in [3.63, 3.8) is 0 Å². The molecule has 0 unspecified atom stereocenters. The van der Waals surface area contributed by atoms with Crippen molar-refractivity contribution < 1.29 is 0 Å². The molecule has 0 bridgehead atoms. The molecular weight excluding hydrogens is 280 g/mol. The van der Waals surface area contributed by atoms with Crippen molar-refractivity contribution in [3.8, 4) is 6.07 Å². The lowest BCUT2D eigenvalue weighted by Crippen LogP contribution is -2.46. The SMILES string of the molecule is N#Cc1ccc(N2CCN(Cc3cccs3)CC2)c(N)c1. The summed E-state index contributed by atoms with van der Waals surface area (Å²) >= 11 is 1.81. The van der Waals surface area contributed by atoms with E-state index in [1.807, 2.05) is 23.5 Å². The maximum absolute atomic E-state index is 8.90. The molecule has 2 aromatic rings. The zero-order valence-corrected chi connectivity index (χ0v) is 12.6. The van der Waals surface area contributed by atoms with Gasteiger partial charge in [-0.25, -0.2) is 0 Å². The summed E-state index contributed by atoms with van der Waals surface area (Å²) in [5.41, 5.74) is 8.43. The van der Waals surface area contributed by atoms with Gasteiger partial charge in [-0.1, -0.05) is 6.07 Å². The number of hydrogen-bond donors (Lipinski definition) is 1. The first-order chi connectivity index (χ1) is 10.3. The van der Waals surface area contributed by atoms with Crippen LogP contribution in [-0.4, -0.2) is 31.1 Å². The van der Waals surface area contributed by atoms with E-state index in [-0.39, 0.29) is 0 Å². The summed E-state index contributed by atoms with van der Waals surface area (Å²) < 4.78 is 0. The fourth-order valence-corrected chi connectivity index (χ4v) is 3.43.